The van der Waals surface area contributed by atoms with Crippen molar-refractivity contribution in [2.24, 2.45) is 0 Å². The minimum Gasteiger partial charge on any atom is -0.468 e. The maximum atomic E-state index is 11.6. The van der Waals surface area contributed by atoms with E-state index in [2.05, 4.69) is 31.0 Å². The Morgan fingerprint density at radius 2 is 2.35 bits per heavy atom. The van der Waals surface area contributed by atoms with E-state index in [1.807, 2.05) is 22.7 Å². The van der Waals surface area contributed by atoms with E-state index in [-0.39, 0.29) is 0 Å². The molecular formula is C13H16BrN3O3. The summed E-state index contributed by atoms with van der Waals surface area (Å²) in [5.74, 6) is -0.491. The van der Waals surface area contributed by atoms with E-state index < -0.39 is 18.1 Å². The lowest BCUT2D eigenvalue weighted by Crippen LogP contribution is -2.45. The molecule has 0 aliphatic heterocycles. The van der Waals surface area contributed by atoms with E-state index in [0.717, 1.165) is 15.8 Å². The predicted octanol–water partition coefficient (Wildman–Crippen LogP) is 1.11. The number of aromatic nitrogens is 2. The normalized spacial score (nSPS) is 14.2. The van der Waals surface area contributed by atoms with Gasteiger partial charge in [0.05, 0.1) is 25.1 Å². The molecule has 20 heavy (non-hydrogen) atoms. The van der Waals surface area contributed by atoms with Crippen LogP contribution in [-0.4, -0.2) is 39.7 Å². The van der Waals surface area contributed by atoms with Crippen LogP contribution in [0.4, 0.5) is 0 Å². The van der Waals surface area contributed by atoms with Gasteiger partial charge in [0.1, 0.15) is 11.7 Å². The average molecular weight is 342 g/mol. The number of nitrogens with one attached hydrogen (secondary N) is 1. The predicted molar refractivity (Wildman–Crippen MR) is 77.2 cm³/mol. The summed E-state index contributed by atoms with van der Waals surface area (Å²) in [6, 6.07) is 3.03. The van der Waals surface area contributed by atoms with Gasteiger partial charge in [0.2, 0.25) is 0 Å². The Kier molecular flexibility index (Phi) is 4.74. The summed E-state index contributed by atoms with van der Waals surface area (Å²) < 4.78 is 7.50. The summed E-state index contributed by atoms with van der Waals surface area (Å²) in [6.45, 7) is 1.93. The SMILES string of the molecule is COC(=O)[C@@H](NCc1cnc2ccc(Br)cn12)[C@@H](C)O. The van der Waals surface area contributed by atoms with E-state index >= 15 is 0 Å². The third-order valence-electron chi connectivity index (χ3n) is 2.99. The highest BCUT2D eigenvalue weighted by atomic mass is 79.9. The van der Waals surface area contributed by atoms with Crippen LogP contribution in [0.3, 0.4) is 0 Å². The van der Waals surface area contributed by atoms with Gasteiger partial charge in [-0.25, -0.2) is 4.98 Å². The number of methoxy groups -OCH3 is 1. The minimum atomic E-state index is -0.839. The first-order valence-electron chi connectivity index (χ1n) is 6.13. The van der Waals surface area contributed by atoms with Crippen molar-refractivity contribution in [2.75, 3.05) is 7.11 Å². The van der Waals surface area contributed by atoms with Gasteiger partial charge < -0.3 is 14.2 Å². The van der Waals surface area contributed by atoms with Crippen LogP contribution in [0.5, 0.6) is 0 Å². The Labute approximate surface area is 124 Å². The third-order valence-corrected chi connectivity index (χ3v) is 3.46. The van der Waals surface area contributed by atoms with Crippen molar-refractivity contribution < 1.29 is 14.6 Å². The fraction of sp³-hybridized carbons (Fsp3) is 0.385. The van der Waals surface area contributed by atoms with Crippen molar-refractivity contribution in [1.29, 1.82) is 0 Å². The Bertz CT molecular complexity index is 612. The number of halogens is 1. The lowest BCUT2D eigenvalue weighted by atomic mass is 10.2. The number of aliphatic hydroxyl groups is 1. The molecule has 2 heterocycles. The van der Waals surface area contributed by atoms with Crippen LogP contribution in [-0.2, 0) is 16.1 Å². The van der Waals surface area contributed by atoms with Crippen LogP contribution in [0, 0.1) is 0 Å². The number of ether oxygens (including phenoxy) is 1. The molecule has 0 aliphatic carbocycles. The van der Waals surface area contributed by atoms with Gasteiger partial charge in [-0.15, -0.1) is 0 Å². The van der Waals surface area contributed by atoms with Crippen LogP contribution < -0.4 is 5.32 Å². The van der Waals surface area contributed by atoms with Crippen LogP contribution >= 0.6 is 15.9 Å². The topological polar surface area (TPSA) is 75.9 Å². The van der Waals surface area contributed by atoms with E-state index in [9.17, 15) is 9.90 Å². The average Bonchev–Trinajstić information content (AvgIpc) is 2.80. The quantitative estimate of drug-likeness (QED) is 0.796. The molecule has 2 atom stereocenters. The molecule has 7 heteroatoms. The largest absolute Gasteiger partial charge is 0.468 e. The van der Waals surface area contributed by atoms with Crippen LogP contribution in [0.15, 0.2) is 29.0 Å². The maximum Gasteiger partial charge on any atom is 0.325 e. The smallest absolute Gasteiger partial charge is 0.325 e. The lowest BCUT2D eigenvalue weighted by Gasteiger charge is -2.18. The fourth-order valence-electron chi connectivity index (χ4n) is 1.93. The van der Waals surface area contributed by atoms with Crippen molar-refractivity contribution in [1.82, 2.24) is 14.7 Å². The summed E-state index contributed by atoms with van der Waals surface area (Å²) >= 11 is 3.41. The number of carbonyl (C=O) groups is 1. The van der Waals surface area contributed by atoms with Gasteiger partial charge in [0.15, 0.2) is 0 Å². The van der Waals surface area contributed by atoms with Gasteiger partial charge in [0.25, 0.3) is 0 Å². The van der Waals surface area contributed by atoms with Gasteiger partial charge in [-0.1, -0.05) is 0 Å². The third kappa shape index (κ3) is 3.17. The molecule has 0 bridgehead atoms. The lowest BCUT2D eigenvalue weighted by molar-refractivity contribution is -0.145. The Balaban J connectivity index is 2.15. The molecule has 2 aromatic rings. The molecule has 0 spiro atoms. The van der Waals surface area contributed by atoms with Crippen LogP contribution in [0.1, 0.15) is 12.6 Å². The van der Waals surface area contributed by atoms with Gasteiger partial charge in [0, 0.05) is 17.2 Å². The van der Waals surface area contributed by atoms with E-state index in [1.165, 1.54) is 7.11 Å². The number of rotatable bonds is 5. The molecule has 0 aliphatic rings. The number of esters is 1. The number of pyridine rings is 1. The summed E-state index contributed by atoms with van der Waals surface area (Å²) in [4.78, 5) is 15.8. The maximum absolute atomic E-state index is 11.6. The van der Waals surface area contributed by atoms with Gasteiger partial charge in [-0.3, -0.25) is 10.1 Å². The first kappa shape index (κ1) is 15.0. The highest BCUT2D eigenvalue weighted by Gasteiger charge is 2.24. The molecule has 6 nitrogen and oxygen atoms in total. The molecule has 2 aromatic heterocycles. The molecular weight excluding hydrogens is 326 g/mol. The zero-order valence-corrected chi connectivity index (χ0v) is 12.8. The number of nitrogens with zero attached hydrogens (tertiary/aromatic N) is 2. The molecule has 2 rings (SSSR count). The second kappa shape index (κ2) is 6.34. The summed E-state index contributed by atoms with van der Waals surface area (Å²) in [5.41, 5.74) is 1.70. The second-order valence-corrected chi connectivity index (χ2v) is 5.36. The molecule has 0 fully saturated rings. The Morgan fingerprint density at radius 1 is 1.60 bits per heavy atom. The fourth-order valence-corrected chi connectivity index (χ4v) is 2.27. The number of imidazole rings is 1. The summed E-state index contributed by atoms with van der Waals surface area (Å²) in [7, 11) is 1.30. The number of aliphatic hydroxyl groups excluding tert-OH is 1. The van der Waals surface area contributed by atoms with Gasteiger partial charge in [-0.05, 0) is 35.0 Å². The van der Waals surface area contributed by atoms with Gasteiger partial charge in [-0.2, -0.15) is 0 Å². The molecule has 108 valence electrons. The highest BCUT2D eigenvalue weighted by Crippen LogP contribution is 2.13. The monoisotopic (exact) mass is 341 g/mol. The zero-order valence-electron chi connectivity index (χ0n) is 11.2. The molecule has 0 radical (unpaired) electrons. The van der Waals surface area contributed by atoms with Gasteiger partial charge >= 0.3 is 5.97 Å². The summed E-state index contributed by atoms with van der Waals surface area (Å²) in [5, 5.41) is 12.6. The molecule has 2 N–H and O–H groups in total. The van der Waals surface area contributed by atoms with E-state index in [0.29, 0.717) is 6.54 Å². The Hall–Kier alpha value is -1.44. The second-order valence-electron chi connectivity index (χ2n) is 4.45. The van der Waals surface area contributed by atoms with Crippen molar-refractivity contribution in [3.63, 3.8) is 0 Å². The minimum absolute atomic E-state index is 0.391. The molecule has 0 aromatic carbocycles. The van der Waals surface area contributed by atoms with E-state index in [1.54, 1.807) is 13.1 Å². The van der Waals surface area contributed by atoms with Crippen LogP contribution in [0.2, 0.25) is 0 Å². The van der Waals surface area contributed by atoms with Crippen LogP contribution in [0.25, 0.3) is 5.65 Å². The molecule has 0 saturated carbocycles. The van der Waals surface area contributed by atoms with Crippen molar-refractivity contribution in [3.8, 4) is 0 Å². The standard InChI is InChI=1S/C13H16BrN3O3/c1-8(18)12(13(19)20-2)16-6-10-5-15-11-4-3-9(14)7-17(10)11/h3-5,7-8,12,16,18H,6H2,1-2H3/t8-,12+/m1/s1. The highest BCUT2D eigenvalue weighted by molar-refractivity contribution is 9.10. The number of fused-ring (bicyclic) bond motifs is 1. The number of hydrogen-bond acceptors (Lipinski definition) is 5. The first-order valence-corrected chi connectivity index (χ1v) is 6.93. The van der Waals surface area contributed by atoms with Crippen molar-refractivity contribution in [3.05, 3.63) is 34.7 Å². The molecule has 0 unspecified atom stereocenters. The molecule has 0 saturated heterocycles. The van der Waals surface area contributed by atoms with Crippen molar-refractivity contribution >= 4 is 27.5 Å². The van der Waals surface area contributed by atoms with Crippen molar-refractivity contribution in [2.45, 2.75) is 25.6 Å². The first-order chi connectivity index (χ1) is 9.52. The Morgan fingerprint density at radius 3 is 3.00 bits per heavy atom. The van der Waals surface area contributed by atoms with E-state index in [4.69, 9.17) is 0 Å². The number of carbonyl (C=O) groups excluding carboxylic acids is 1. The molecule has 0 amide bonds. The number of hydrogen-bond donors (Lipinski definition) is 2. The summed E-state index contributed by atoms with van der Waals surface area (Å²) in [6.07, 6.45) is 2.79. The zero-order chi connectivity index (χ0) is 14.7.